The molecule has 49 heavy (non-hydrogen) atoms. The van der Waals surface area contributed by atoms with Gasteiger partial charge >= 0.3 is 0 Å². The van der Waals surface area contributed by atoms with E-state index in [1.54, 1.807) is 66.7 Å². The summed E-state index contributed by atoms with van der Waals surface area (Å²) in [4.78, 5) is 43.2. The fourth-order valence-corrected chi connectivity index (χ4v) is 6.15. The predicted octanol–water partition coefficient (Wildman–Crippen LogP) is 8.30. The van der Waals surface area contributed by atoms with Gasteiger partial charge in [-0.25, -0.2) is 0 Å². The van der Waals surface area contributed by atoms with Crippen molar-refractivity contribution in [1.82, 2.24) is 5.32 Å². The second-order valence-corrected chi connectivity index (χ2v) is 12.7. The minimum absolute atomic E-state index is 0.0733. The van der Waals surface area contributed by atoms with Gasteiger partial charge in [0, 0.05) is 41.6 Å². The molecule has 0 heterocycles. The van der Waals surface area contributed by atoms with Crippen LogP contribution in [0.5, 0.6) is 5.75 Å². The molecule has 5 aromatic carbocycles. The summed E-state index contributed by atoms with van der Waals surface area (Å²) in [6.07, 6.45) is 1.63. The minimum Gasteiger partial charge on any atom is -0.495 e. The molecule has 10 heteroatoms. The summed E-state index contributed by atoms with van der Waals surface area (Å²) in [6.45, 7) is 0. The third-order valence-corrected chi connectivity index (χ3v) is 8.90. The number of hydrogen-bond donors (Lipinski definition) is 3. The fourth-order valence-electron chi connectivity index (χ4n) is 4.81. The molecular weight excluding hydrogens is 656 g/mol. The first-order valence-electron chi connectivity index (χ1n) is 15.3. The van der Waals surface area contributed by atoms with E-state index >= 15 is 0 Å². The summed E-state index contributed by atoms with van der Waals surface area (Å²) in [6, 6.07) is 38.0. The lowest BCUT2D eigenvalue weighted by Crippen LogP contribution is -2.30. The van der Waals surface area contributed by atoms with Crippen molar-refractivity contribution in [2.45, 2.75) is 10.1 Å². The number of thioether (sulfide) groups is 1. The smallest absolute Gasteiger partial charge is 0.272 e. The highest BCUT2D eigenvalue weighted by atomic mass is 35.5. The summed E-state index contributed by atoms with van der Waals surface area (Å²) < 4.78 is 5.23. The molecule has 5 rings (SSSR count). The molecule has 248 valence electrons. The molecule has 0 spiro atoms. The van der Waals surface area contributed by atoms with Crippen LogP contribution >= 0.6 is 23.4 Å². The van der Waals surface area contributed by atoms with E-state index in [2.05, 4.69) is 16.0 Å². The van der Waals surface area contributed by atoms with Gasteiger partial charge in [-0.15, -0.1) is 11.8 Å². The number of nitrogens with zero attached hydrogens (tertiary/aromatic N) is 1. The quantitative estimate of drug-likeness (QED) is 0.0900. The zero-order valence-electron chi connectivity index (χ0n) is 27.1. The van der Waals surface area contributed by atoms with Crippen molar-refractivity contribution < 1.29 is 19.1 Å². The molecule has 0 saturated carbocycles. The predicted molar refractivity (Wildman–Crippen MR) is 199 cm³/mol. The fraction of sp³-hybridized carbons (Fsp3) is 0.103. The SMILES string of the molecule is COc1ccc(NC(=O)C(Sc2cccc(NC(=O)/C(=C\c3ccc(N(C)C)cc3)NC(=O)c3ccccc3)c2)c2ccccc2)cc1Cl. The number of carbonyl (C=O) groups is 3. The van der Waals surface area contributed by atoms with Gasteiger partial charge in [0.1, 0.15) is 16.7 Å². The third-order valence-electron chi connectivity index (χ3n) is 7.35. The molecule has 5 aromatic rings. The first-order chi connectivity index (χ1) is 23.7. The van der Waals surface area contributed by atoms with E-state index in [-0.39, 0.29) is 11.6 Å². The van der Waals surface area contributed by atoms with Crippen LogP contribution in [0, 0.1) is 0 Å². The van der Waals surface area contributed by atoms with Crippen LogP contribution in [0.4, 0.5) is 17.1 Å². The van der Waals surface area contributed by atoms with Crippen molar-refractivity contribution in [3.8, 4) is 5.75 Å². The van der Waals surface area contributed by atoms with Gasteiger partial charge in [-0.2, -0.15) is 0 Å². The standard InChI is InChI=1S/C39H35ClN4O4S/c1-44(2)31-20-17-26(18-21-31)23-34(43-37(45)28-13-8-5-9-14-28)38(46)41-29-15-10-16-32(24-29)49-36(27-11-6-4-7-12-27)39(47)42-30-19-22-35(48-3)33(40)25-30/h4-25,36H,1-3H3,(H,41,46)(H,42,47)(H,43,45)/b34-23+. The summed E-state index contributed by atoms with van der Waals surface area (Å²) >= 11 is 7.63. The number of halogens is 1. The normalized spacial score (nSPS) is 11.6. The number of benzene rings is 5. The van der Waals surface area contributed by atoms with E-state index in [1.165, 1.54) is 18.9 Å². The van der Waals surface area contributed by atoms with Gasteiger partial charge in [0.25, 0.3) is 11.8 Å². The molecule has 0 aromatic heterocycles. The van der Waals surface area contributed by atoms with Crippen LogP contribution in [0.1, 0.15) is 26.7 Å². The molecule has 0 bridgehead atoms. The van der Waals surface area contributed by atoms with Crippen LogP contribution in [0.25, 0.3) is 6.08 Å². The van der Waals surface area contributed by atoms with Crippen LogP contribution in [0.2, 0.25) is 5.02 Å². The summed E-state index contributed by atoms with van der Waals surface area (Å²) in [7, 11) is 5.42. The van der Waals surface area contributed by atoms with E-state index in [0.717, 1.165) is 21.7 Å². The average Bonchev–Trinajstić information content (AvgIpc) is 3.11. The van der Waals surface area contributed by atoms with Gasteiger partial charge in [0.15, 0.2) is 0 Å². The molecule has 1 atom stereocenters. The Labute approximate surface area is 295 Å². The average molecular weight is 691 g/mol. The highest BCUT2D eigenvalue weighted by molar-refractivity contribution is 8.00. The van der Waals surface area contributed by atoms with Crippen LogP contribution in [-0.4, -0.2) is 38.9 Å². The number of methoxy groups -OCH3 is 1. The molecule has 0 aliphatic heterocycles. The Kier molecular flexibility index (Phi) is 11.8. The second kappa shape index (κ2) is 16.5. The zero-order chi connectivity index (χ0) is 34.8. The van der Waals surface area contributed by atoms with Gasteiger partial charge in [-0.1, -0.05) is 78.3 Å². The molecule has 1 unspecified atom stereocenters. The van der Waals surface area contributed by atoms with Crippen LogP contribution in [0.3, 0.4) is 0 Å². The van der Waals surface area contributed by atoms with Crippen LogP contribution in [0.15, 0.2) is 138 Å². The third kappa shape index (κ3) is 9.53. The van der Waals surface area contributed by atoms with Gasteiger partial charge < -0.3 is 25.6 Å². The maximum atomic E-state index is 13.7. The molecule has 0 fully saturated rings. The number of amides is 3. The maximum Gasteiger partial charge on any atom is 0.272 e. The molecule has 0 radical (unpaired) electrons. The van der Waals surface area contributed by atoms with Gasteiger partial charge in [-0.3, -0.25) is 14.4 Å². The van der Waals surface area contributed by atoms with Crippen molar-refractivity contribution >= 4 is 64.2 Å². The van der Waals surface area contributed by atoms with Crippen LogP contribution < -0.4 is 25.6 Å². The summed E-state index contributed by atoms with van der Waals surface area (Å²) in [5, 5.41) is 8.41. The van der Waals surface area contributed by atoms with Crippen molar-refractivity contribution in [3.63, 3.8) is 0 Å². The summed E-state index contributed by atoms with van der Waals surface area (Å²) in [5.41, 5.74) is 4.06. The van der Waals surface area contributed by atoms with Crippen molar-refractivity contribution in [2.75, 3.05) is 36.7 Å². The Hall–Kier alpha value is -5.51. The molecule has 0 aliphatic carbocycles. The Balaban J connectivity index is 1.38. The Morgan fingerprint density at radius 1 is 0.776 bits per heavy atom. The number of hydrogen-bond acceptors (Lipinski definition) is 6. The van der Waals surface area contributed by atoms with E-state index in [0.29, 0.717) is 27.7 Å². The van der Waals surface area contributed by atoms with E-state index in [4.69, 9.17) is 16.3 Å². The number of rotatable bonds is 12. The Morgan fingerprint density at radius 3 is 2.10 bits per heavy atom. The minimum atomic E-state index is -0.626. The van der Waals surface area contributed by atoms with Crippen molar-refractivity contribution in [1.29, 1.82) is 0 Å². The highest BCUT2D eigenvalue weighted by Gasteiger charge is 2.23. The van der Waals surface area contributed by atoms with E-state index in [1.807, 2.05) is 85.7 Å². The number of nitrogens with one attached hydrogen (secondary N) is 3. The number of anilines is 3. The van der Waals surface area contributed by atoms with Crippen molar-refractivity contribution in [2.24, 2.45) is 0 Å². The Bertz CT molecular complexity index is 1950. The molecule has 8 nitrogen and oxygen atoms in total. The van der Waals surface area contributed by atoms with Gasteiger partial charge in [0.2, 0.25) is 5.91 Å². The largest absolute Gasteiger partial charge is 0.495 e. The second-order valence-electron chi connectivity index (χ2n) is 11.1. The molecule has 3 amide bonds. The number of carbonyl (C=O) groups excluding carboxylic acids is 3. The lowest BCUT2D eigenvalue weighted by molar-refractivity contribution is -0.116. The van der Waals surface area contributed by atoms with Gasteiger partial charge in [0.05, 0.1) is 12.1 Å². The monoisotopic (exact) mass is 690 g/mol. The topological polar surface area (TPSA) is 99.8 Å². The first kappa shape index (κ1) is 34.8. The summed E-state index contributed by atoms with van der Waals surface area (Å²) in [5.74, 6) is -0.656. The maximum absolute atomic E-state index is 13.7. The number of ether oxygens (including phenoxy) is 1. The zero-order valence-corrected chi connectivity index (χ0v) is 28.7. The van der Waals surface area contributed by atoms with Crippen LogP contribution in [-0.2, 0) is 9.59 Å². The van der Waals surface area contributed by atoms with Crippen molar-refractivity contribution in [3.05, 3.63) is 155 Å². The van der Waals surface area contributed by atoms with E-state index in [9.17, 15) is 14.4 Å². The molecule has 3 N–H and O–H groups in total. The van der Waals surface area contributed by atoms with Gasteiger partial charge in [-0.05, 0) is 77.9 Å². The molecule has 0 aliphatic rings. The lowest BCUT2D eigenvalue weighted by atomic mass is 10.1. The molecule has 0 saturated heterocycles. The lowest BCUT2D eigenvalue weighted by Gasteiger charge is -2.18. The highest BCUT2D eigenvalue weighted by Crippen LogP contribution is 2.38. The Morgan fingerprint density at radius 2 is 1.45 bits per heavy atom. The molecular formula is C39H35ClN4O4S. The first-order valence-corrected chi connectivity index (χ1v) is 16.6. The van der Waals surface area contributed by atoms with E-state index < -0.39 is 17.1 Å².